The van der Waals surface area contributed by atoms with Crippen LogP contribution in [0.5, 0.6) is 0 Å². The topological polar surface area (TPSA) is 43.1 Å². The second kappa shape index (κ2) is 21.1. The van der Waals surface area contributed by atoms with Gasteiger partial charge in [-0.05, 0) is 12.8 Å². The third-order valence-corrected chi connectivity index (χ3v) is 4.76. The molecule has 0 aliphatic carbocycles. The highest BCUT2D eigenvalue weighted by atomic mass is 16.1. The predicted molar refractivity (Wildman–Crippen MR) is 110 cm³/mol. The Bertz CT molecular complexity index is 340. The van der Waals surface area contributed by atoms with Gasteiger partial charge in [0.15, 0.2) is 0 Å². The smallest absolute Gasteiger partial charge is 0.217 e. The van der Waals surface area contributed by atoms with Crippen molar-refractivity contribution in [2.45, 2.75) is 129 Å². The molecule has 0 aromatic carbocycles. The van der Waals surface area contributed by atoms with Gasteiger partial charge in [0.1, 0.15) is 0 Å². The standard InChI is InChI=1S/C23H43NO/c1-2-3-4-5-6-7-8-9-10-11-12-13-14-15-16-17-18-19-20-21-22-23(24)25/h2-17,20-22H2,1H3,(H2,24,25). The van der Waals surface area contributed by atoms with E-state index in [1.807, 2.05) is 0 Å². The fourth-order valence-electron chi connectivity index (χ4n) is 3.11. The maximum Gasteiger partial charge on any atom is 0.217 e. The van der Waals surface area contributed by atoms with Gasteiger partial charge in [0, 0.05) is 19.3 Å². The summed E-state index contributed by atoms with van der Waals surface area (Å²) in [4.78, 5) is 10.6. The third kappa shape index (κ3) is 23.0. The van der Waals surface area contributed by atoms with Crippen LogP contribution in [0.25, 0.3) is 0 Å². The Morgan fingerprint density at radius 1 is 0.600 bits per heavy atom. The molecule has 2 nitrogen and oxygen atoms in total. The van der Waals surface area contributed by atoms with Crippen LogP contribution >= 0.6 is 0 Å². The molecule has 2 heteroatoms. The van der Waals surface area contributed by atoms with Crippen molar-refractivity contribution in [3.63, 3.8) is 0 Å². The van der Waals surface area contributed by atoms with E-state index in [2.05, 4.69) is 18.8 Å². The number of carbonyl (C=O) groups excluding carboxylic acids is 1. The average molecular weight is 350 g/mol. The van der Waals surface area contributed by atoms with Crippen LogP contribution in [0.4, 0.5) is 0 Å². The SMILES string of the molecule is CCCCCCCCCCCCCCCCCC#CCCCC(N)=O. The summed E-state index contributed by atoms with van der Waals surface area (Å²) in [5, 5.41) is 0. The fourth-order valence-corrected chi connectivity index (χ4v) is 3.11. The van der Waals surface area contributed by atoms with Crippen LogP contribution in [0.15, 0.2) is 0 Å². The normalized spacial score (nSPS) is 10.4. The summed E-state index contributed by atoms with van der Waals surface area (Å²) in [7, 11) is 0. The van der Waals surface area contributed by atoms with Gasteiger partial charge in [0.2, 0.25) is 5.91 Å². The predicted octanol–water partition coefficient (Wildman–Crippen LogP) is 6.91. The highest BCUT2D eigenvalue weighted by Crippen LogP contribution is 2.13. The van der Waals surface area contributed by atoms with Crippen LogP contribution in [0.2, 0.25) is 0 Å². The Balaban J connectivity index is 3.07. The summed E-state index contributed by atoms with van der Waals surface area (Å²) >= 11 is 0. The van der Waals surface area contributed by atoms with E-state index in [0.29, 0.717) is 6.42 Å². The molecule has 0 atom stereocenters. The molecule has 0 saturated heterocycles. The quantitative estimate of drug-likeness (QED) is 0.212. The first-order valence-electron chi connectivity index (χ1n) is 11.0. The average Bonchev–Trinajstić information content (AvgIpc) is 2.60. The van der Waals surface area contributed by atoms with Crippen molar-refractivity contribution in [1.82, 2.24) is 0 Å². The first kappa shape index (κ1) is 24.0. The Labute approximate surface area is 157 Å². The molecular weight excluding hydrogens is 306 g/mol. The van der Waals surface area contributed by atoms with E-state index >= 15 is 0 Å². The number of nitrogens with two attached hydrogens (primary N) is 1. The minimum absolute atomic E-state index is 0.218. The maximum absolute atomic E-state index is 10.6. The van der Waals surface area contributed by atoms with Crippen molar-refractivity contribution in [2.75, 3.05) is 0 Å². The molecule has 0 fully saturated rings. The van der Waals surface area contributed by atoms with Crippen LogP contribution in [-0.4, -0.2) is 5.91 Å². The molecule has 0 saturated carbocycles. The molecule has 2 N–H and O–H groups in total. The van der Waals surface area contributed by atoms with E-state index in [0.717, 1.165) is 19.3 Å². The molecule has 0 aromatic rings. The molecule has 0 rings (SSSR count). The lowest BCUT2D eigenvalue weighted by molar-refractivity contribution is -0.118. The second-order valence-corrected chi connectivity index (χ2v) is 7.37. The number of unbranched alkanes of at least 4 members (excludes halogenated alkanes) is 16. The molecule has 25 heavy (non-hydrogen) atoms. The first-order chi connectivity index (χ1) is 12.3. The molecule has 0 heterocycles. The summed E-state index contributed by atoms with van der Waals surface area (Å²) in [6, 6.07) is 0. The van der Waals surface area contributed by atoms with E-state index in [-0.39, 0.29) is 5.91 Å². The number of carbonyl (C=O) groups is 1. The number of primary amides is 1. The van der Waals surface area contributed by atoms with E-state index in [1.165, 1.54) is 96.3 Å². The Morgan fingerprint density at radius 3 is 1.36 bits per heavy atom. The van der Waals surface area contributed by atoms with Crippen molar-refractivity contribution in [3.8, 4) is 11.8 Å². The molecule has 0 bridgehead atoms. The van der Waals surface area contributed by atoms with Crippen molar-refractivity contribution in [1.29, 1.82) is 0 Å². The first-order valence-corrected chi connectivity index (χ1v) is 11.0. The van der Waals surface area contributed by atoms with Gasteiger partial charge in [-0.3, -0.25) is 4.79 Å². The Hall–Kier alpha value is -0.970. The summed E-state index contributed by atoms with van der Waals surface area (Å²) in [5.41, 5.74) is 5.09. The molecule has 0 aromatic heterocycles. The van der Waals surface area contributed by atoms with Gasteiger partial charge in [-0.1, -0.05) is 96.8 Å². The molecule has 0 unspecified atom stereocenters. The molecule has 146 valence electrons. The minimum atomic E-state index is -0.218. The van der Waals surface area contributed by atoms with E-state index < -0.39 is 0 Å². The van der Waals surface area contributed by atoms with E-state index in [1.54, 1.807) is 0 Å². The zero-order chi connectivity index (χ0) is 18.4. The van der Waals surface area contributed by atoms with Crippen LogP contribution in [-0.2, 0) is 4.79 Å². The largest absolute Gasteiger partial charge is 0.370 e. The Kier molecular flexibility index (Phi) is 20.3. The van der Waals surface area contributed by atoms with Gasteiger partial charge < -0.3 is 5.73 Å². The Morgan fingerprint density at radius 2 is 0.960 bits per heavy atom. The maximum atomic E-state index is 10.6. The summed E-state index contributed by atoms with van der Waals surface area (Å²) in [5.74, 6) is 6.12. The molecule has 0 radical (unpaired) electrons. The molecular formula is C23H43NO. The number of hydrogen-bond acceptors (Lipinski definition) is 1. The highest BCUT2D eigenvalue weighted by molar-refractivity contribution is 5.73. The van der Waals surface area contributed by atoms with Crippen molar-refractivity contribution in [3.05, 3.63) is 0 Å². The monoisotopic (exact) mass is 349 g/mol. The minimum Gasteiger partial charge on any atom is -0.370 e. The second-order valence-electron chi connectivity index (χ2n) is 7.37. The molecule has 1 amide bonds. The van der Waals surface area contributed by atoms with Crippen LogP contribution < -0.4 is 5.73 Å². The van der Waals surface area contributed by atoms with E-state index in [4.69, 9.17) is 5.73 Å². The molecule has 0 aliphatic heterocycles. The number of amides is 1. The van der Waals surface area contributed by atoms with Gasteiger partial charge in [0.05, 0.1) is 0 Å². The van der Waals surface area contributed by atoms with E-state index in [9.17, 15) is 4.79 Å². The van der Waals surface area contributed by atoms with Gasteiger partial charge >= 0.3 is 0 Å². The van der Waals surface area contributed by atoms with Gasteiger partial charge in [-0.15, -0.1) is 11.8 Å². The zero-order valence-electron chi connectivity index (χ0n) is 16.9. The van der Waals surface area contributed by atoms with Gasteiger partial charge in [0.25, 0.3) is 0 Å². The molecule has 0 spiro atoms. The van der Waals surface area contributed by atoms with Crippen LogP contribution in [0.3, 0.4) is 0 Å². The van der Waals surface area contributed by atoms with Crippen molar-refractivity contribution < 1.29 is 4.79 Å². The van der Waals surface area contributed by atoms with Crippen molar-refractivity contribution >= 4 is 5.91 Å². The highest BCUT2D eigenvalue weighted by Gasteiger charge is 1.94. The third-order valence-electron chi connectivity index (χ3n) is 4.76. The van der Waals surface area contributed by atoms with Crippen LogP contribution in [0.1, 0.15) is 129 Å². The lowest BCUT2D eigenvalue weighted by Gasteiger charge is -2.03. The lowest BCUT2D eigenvalue weighted by Crippen LogP contribution is -2.09. The number of hydrogen-bond donors (Lipinski definition) is 1. The fraction of sp³-hybridized carbons (Fsp3) is 0.870. The number of rotatable bonds is 18. The lowest BCUT2D eigenvalue weighted by atomic mass is 10.0. The molecule has 0 aliphatic rings. The zero-order valence-corrected chi connectivity index (χ0v) is 16.9. The summed E-state index contributed by atoms with van der Waals surface area (Å²) < 4.78 is 0. The van der Waals surface area contributed by atoms with Crippen molar-refractivity contribution in [2.24, 2.45) is 5.73 Å². The van der Waals surface area contributed by atoms with Gasteiger partial charge in [-0.25, -0.2) is 0 Å². The summed E-state index contributed by atoms with van der Waals surface area (Å²) in [6.45, 7) is 2.28. The van der Waals surface area contributed by atoms with Crippen LogP contribution in [0, 0.1) is 11.8 Å². The van der Waals surface area contributed by atoms with Gasteiger partial charge in [-0.2, -0.15) is 0 Å². The summed E-state index contributed by atoms with van der Waals surface area (Å²) in [6.07, 6.45) is 24.1.